The molecular formula is C25H27ClN4O5S3. The number of nitrogens with one attached hydrogen (secondary N) is 1. The highest BCUT2D eigenvalue weighted by molar-refractivity contribution is 8.00. The van der Waals surface area contributed by atoms with Crippen molar-refractivity contribution in [1.29, 1.82) is 0 Å². The van der Waals surface area contributed by atoms with Crippen LogP contribution in [0.5, 0.6) is 0 Å². The largest absolute Gasteiger partial charge is 0.393 e. The number of ketones is 1. The second-order valence-electron chi connectivity index (χ2n) is 9.52. The van der Waals surface area contributed by atoms with E-state index in [0.717, 1.165) is 29.7 Å². The quantitative estimate of drug-likeness (QED) is 0.313. The van der Waals surface area contributed by atoms with Crippen LogP contribution in [0.2, 0.25) is 5.02 Å². The van der Waals surface area contributed by atoms with Gasteiger partial charge in [-0.3, -0.25) is 8.98 Å². The Hall–Kier alpha value is -2.06. The summed E-state index contributed by atoms with van der Waals surface area (Å²) in [5, 5.41) is 21.2. The number of aliphatic hydroxyl groups is 1. The lowest BCUT2D eigenvalue weighted by Gasteiger charge is -2.28. The zero-order chi connectivity index (χ0) is 26.9. The van der Waals surface area contributed by atoms with Crippen LogP contribution < -0.4 is 10.5 Å². The molecule has 2 aromatic heterocycles. The van der Waals surface area contributed by atoms with Crippen LogP contribution in [0.15, 0.2) is 48.2 Å². The van der Waals surface area contributed by atoms with Crippen molar-refractivity contribution in [2.75, 3.05) is 17.7 Å². The summed E-state index contributed by atoms with van der Waals surface area (Å²) in [7, 11) is -4.09. The zero-order valence-electron chi connectivity index (χ0n) is 20.2. The fourth-order valence-corrected chi connectivity index (χ4v) is 8.26. The fourth-order valence-electron chi connectivity index (χ4n) is 5.19. The second kappa shape index (κ2) is 11.2. The Balaban J connectivity index is 1.35. The van der Waals surface area contributed by atoms with Crippen LogP contribution in [0.4, 0.5) is 5.82 Å². The maximum atomic E-state index is 13.6. The lowest BCUT2D eigenvalue weighted by atomic mass is 9.88. The number of nitrogens with zero attached hydrogens (tertiary/aromatic N) is 2. The molecule has 202 valence electrons. The van der Waals surface area contributed by atoms with Gasteiger partial charge in [-0.2, -0.15) is 8.42 Å². The summed E-state index contributed by atoms with van der Waals surface area (Å²) in [6, 6.07) is 9.64. The lowest BCUT2D eigenvalue weighted by molar-refractivity contribution is 0.101. The number of thioether (sulfide) groups is 1. The number of nitrogens with two attached hydrogens (primary N) is 1. The van der Waals surface area contributed by atoms with Crippen molar-refractivity contribution in [3.63, 3.8) is 0 Å². The summed E-state index contributed by atoms with van der Waals surface area (Å²) < 4.78 is 26.7. The van der Waals surface area contributed by atoms with Gasteiger partial charge in [0.1, 0.15) is 12.1 Å². The van der Waals surface area contributed by atoms with Gasteiger partial charge in [-0.25, -0.2) is 15.1 Å². The minimum Gasteiger partial charge on any atom is -0.393 e. The Morgan fingerprint density at radius 2 is 2.13 bits per heavy atom. The summed E-state index contributed by atoms with van der Waals surface area (Å²) in [4.78, 5) is 22.6. The number of rotatable bonds is 9. The van der Waals surface area contributed by atoms with Gasteiger partial charge in [0.25, 0.3) is 0 Å². The van der Waals surface area contributed by atoms with Gasteiger partial charge < -0.3 is 10.4 Å². The van der Waals surface area contributed by atoms with E-state index in [0.29, 0.717) is 34.1 Å². The van der Waals surface area contributed by atoms with E-state index in [1.807, 2.05) is 41.4 Å². The molecule has 1 unspecified atom stereocenters. The predicted molar refractivity (Wildman–Crippen MR) is 149 cm³/mol. The SMILES string of the molecule is NS(=O)(=O)OC[C@H]1C[C@@H](Nc2ncncc2C(=O)c2cc(C3(c4cccc(Cl)c4)CCCS3)cs2)C[C@@H]1O. The van der Waals surface area contributed by atoms with Crippen LogP contribution in [-0.4, -0.2) is 53.8 Å². The highest BCUT2D eigenvalue weighted by Gasteiger charge is 2.40. The van der Waals surface area contributed by atoms with Gasteiger partial charge in [0, 0.05) is 23.2 Å². The Morgan fingerprint density at radius 1 is 1.29 bits per heavy atom. The minimum atomic E-state index is -4.09. The number of thiophene rings is 1. The van der Waals surface area contributed by atoms with Gasteiger partial charge in [0.2, 0.25) is 5.78 Å². The molecule has 1 aromatic carbocycles. The van der Waals surface area contributed by atoms with E-state index >= 15 is 0 Å². The Bertz CT molecular complexity index is 1430. The van der Waals surface area contributed by atoms with Gasteiger partial charge in [-0.1, -0.05) is 23.7 Å². The van der Waals surface area contributed by atoms with Gasteiger partial charge >= 0.3 is 10.3 Å². The topological polar surface area (TPSA) is 144 Å². The van der Waals surface area contributed by atoms with Crippen molar-refractivity contribution >= 4 is 56.6 Å². The van der Waals surface area contributed by atoms with Crippen molar-refractivity contribution in [3.8, 4) is 0 Å². The van der Waals surface area contributed by atoms with E-state index in [9.17, 15) is 18.3 Å². The van der Waals surface area contributed by atoms with E-state index in [-0.39, 0.29) is 23.2 Å². The number of aliphatic hydroxyl groups excluding tert-OH is 1. The molecule has 4 N–H and O–H groups in total. The van der Waals surface area contributed by atoms with Crippen LogP contribution in [0, 0.1) is 5.92 Å². The zero-order valence-corrected chi connectivity index (χ0v) is 23.5. The molecule has 2 aliphatic rings. The van der Waals surface area contributed by atoms with Crippen molar-refractivity contribution in [3.05, 3.63) is 74.8 Å². The predicted octanol–water partition coefficient (Wildman–Crippen LogP) is 3.96. The van der Waals surface area contributed by atoms with Crippen molar-refractivity contribution in [2.24, 2.45) is 11.1 Å². The molecule has 1 saturated carbocycles. The Labute approximate surface area is 234 Å². The number of carbonyl (C=O) groups is 1. The van der Waals surface area contributed by atoms with Gasteiger partial charge in [0.15, 0.2) is 0 Å². The molecule has 3 aromatic rings. The van der Waals surface area contributed by atoms with Crippen LogP contribution in [0.3, 0.4) is 0 Å². The maximum Gasteiger partial charge on any atom is 0.333 e. The summed E-state index contributed by atoms with van der Waals surface area (Å²) in [5.74, 6) is 0.785. The van der Waals surface area contributed by atoms with Gasteiger partial charge in [-0.15, -0.1) is 23.1 Å². The molecule has 0 spiro atoms. The summed E-state index contributed by atoms with van der Waals surface area (Å²) in [6.45, 7) is -0.210. The first-order valence-corrected chi connectivity index (χ1v) is 15.8. The summed E-state index contributed by atoms with van der Waals surface area (Å²) >= 11 is 9.58. The van der Waals surface area contributed by atoms with E-state index in [4.69, 9.17) is 16.7 Å². The molecule has 0 bridgehead atoms. The van der Waals surface area contributed by atoms with Crippen LogP contribution in [0.1, 0.15) is 52.0 Å². The number of aromatic nitrogens is 2. The first-order valence-electron chi connectivity index (χ1n) is 12.1. The average Bonchev–Trinajstić information content (AvgIpc) is 3.63. The van der Waals surface area contributed by atoms with E-state index in [2.05, 4.69) is 25.5 Å². The Kier molecular flexibility index (Phi) is 8.11. The fraction of sp³-hybridized carbons (Fsp3) is 0.400. The second-order valence-corrected chi connectivity index (χ2v) is 13.5. The highest BCUT2D eigenvalue weighted by atomic mass is 35.5. The van der Waals surface area contributed by atoms with E-state index in [1.165, 1.54) is 23.9 Å². The normalized spacial score (nSPS) is 25.5. The molecule has 1 aliphatic heterocycles. The molecule has 0 amide bonds. The van der Waals surface area contributed by atoms with Crippen LogP contribution >= 0.6 is 34.7 Å². The molecule has 13 heteroatoms. The maximum absolute atomic E-state index is 13.6. The third kappa shape index (κ3) is 5.91. The third-order valence-corrected chi connectivity index (χ3v) is 10.3. The third-order valence-electron chi connectivity index (χ3n) is 7.00. The van der Waals surface area contributed by atoms with Crippen molar-refractivity contribution in [2.45, 2.75) is 42.6 Å². The summed E-state index contributed by atoms with van der Waals surface area (Å²) in [5.41, 5.74) is 2.55. The Morgan fingerprint density at radius 3 is 2.87 bits per heavy atom. The van der Waals surface area contributed by atoms with E-state index < -0.39 is 22.3 Å². The smallest absolute Gasteiger partial charge is 0.333 e. The number of carbonyl (C=O) groups excluding carboxylic acids is 1. The van der Waals surface area contributed by atoms with Crippen LogP contribution in [0.25, 0.3) is 0 Å². The molecule has 5 rings (SSSR count). The number of hydrogen-bond acceptors (Lipinski definition) is 10. The first-order chi connectivity index (χ1) is 18.1. The highest BCUT2D eigenvalue weighted by Crippen LogP contribution is 2.52. The molecule has 2 fully saturated rings. The number of hydrogen-bond donors (Lipinski definition) is 3. The molecule has 0 radical (unpaired) electrons. The monoisotopic (exact) mass is 594 g/mol. The van der Waals surface area contributed by atoms with E-state index in [1.54, 1.807) is 0 Å². The van der Waals surface area contributed by atoms with Gasteiger partial charge in [0.05, 0.1) is 27.9 Å². The lowest BCUT2D eigenvalue weighted by Crippen LogP contribution is -2.24. The molecule has 9 nitrogen and oxygen atoms in total. The summed E-state index contributed by atoms with van der Waals surface area (Å²) in [6.07, 6.45) is 4.88. The van der Waals surface area contributed by atoms with Gasteiger partial charge in [-0.05, 0) is 66.1 Å². The number of halogens is 1. The minimum absolute atomic E-state index is 0.193. The van der Waals surface area contributed by atoms with Crippen LogP contribution in [-0.2, 0) is 19.2 Å². The first kappa shape index (κ1) is 27.5. The van der Waals surface area contributed by atoms with Crippen molar-refractivity contribution in [1.82, 2.24) is 9.97 Å². The molecule has 3 heterocycles. The number of anilines is 1. The molecule has 38 heavy (non-hydrogen) atoms. The molecule has 1 saturated heterocycles. The standard InChI is InChI=1S/C25H27ClN4O5S3/c26-18-4-1-3-16(8-18)25(5-2-6-37-25)17-9-22(36-13-17)23(32)20-11-28-14-29-24(20)30-19-7-15(21(31)10-19)12-35-38(27,33)34/h1,3-4,8-9,11,13-15,19,21,31H,2,5-7,10,12H2,(H2,27,33,34)(H,28,29,30)/t15-,19-,21+,25?/m1/s1. The number of benzene rings is 1. The van der Waals surface area contributed by atoms with Crippen molar-refractivity contribution < 1.29 is 22.5 Å². The average molecular weight is 595 g/mol. The molecule has 1 aliphatic carbocycles. The molecule has 4 atom stereocenters. The molecular weight excluding hydrogens is 568 g/mol.